The van der Waals surface area contributed by atoms with Crippen LogP contribution in [0.3, 0.4) is 0 Å². The lowest BCUT2D eigenvalue weighted by atomic mass is 10.1. The fourth-order valence-corrected chi connectivity index (χ4v) is 2.78. The van der Waals surface area contributed by atoms with Gasteiger partial charge in [-0.05, 0) is 42.8 Å². The first-order valence-electron chi connectivity index (χ1n) is 7.68. The van der Waals surface area contributed by atoms with Crippen molar-refractivity contribution in [3.05, 3.63) is 52.1 Å². The van der Waals surface area contributed by atoms with E-state index in [-0.39, 0.29) is 12.5 Å². The van der Waals surface area contributed by atoms with Crippen LogP contribution < -0.4 is 19.5 Å². The first-order valence-corrected chi connectivity index (χ1v) is 8.06. The molecule has 1 aliphatic heterocycles. The number of amides is 1. The number of nitrogens with one attached hydrogen (secondary N) is 1. The molecule has 0 aromatic heterocycles. The Balaban J connectivity index is 1.86. The highest BCUT2D eigenvalue weighted by Gasteiger charge is 2.19. The van der Waals surface area contributed by atoms with E-state index in [2.05, 4.69) is 5.32 Å². The van der Waals surface area contributed by atoms with Crippen molar-refractivity contribution in [3.8, 4) is 17.2 Å². The molecule has 0 radical (unpaired) electrons. The van der Waals surface area contributed by atoms with Gasteiger partial charge in [0.25, 0.3) is 5.91 Å². The Morgan fingerprint density at radius 1 is 1.16 bits per heavy atom. The van der Waals surface area contributed by atoms with Crippen molar-refractivity contribution < 1.29 is 19.0 Å². The Morgan fingerprint density at radius 2 is 1.88 bits per heavy atom. The van der Waals surface area contributed by atoms with Gasteiger partial charge in [-0.15, -0.1) is 0 Å². The molecule has 2 aromatic rings. The first kappa shape index (κ1) is 17.2. The highest BCUT2D eigenvalue weighted by molar-refractivity contribution is 6.30. The number of anilines is 1. The lowest BCUT2D eigenvalue weighted by molar-refractivity contribution is -0.113. The third kappa shape index (κ3) is 3.56. The van der Waals surface area contributed by atoms with E-state index in [0.29, 0.717) is 33.5 Å². The fourth-order valence-electron chi connectivity index (χ4n) is 2.60. The lowest BCUT2D eigenvalue weighted by Gasteiger charge is -2.19. The highest BCUT2D eigenvalue weighted by Crippen LogP contribution is 2.34. The second kappa shape index (κ2) is 7.07. The summed E-state index contributed by atoms with van der Waals surface area (Å²) in [4.78, 5) is 12.6. The molecule has 25 heavy (non-hydrogen) atoms. The van der Waals surface area contributed by atoms with E-state index in [1.807, 2.05) is 13.0 Å². The Labute approximate surface area is 151 Å². The number of carbonyl (C=O) groups excluding carboxylic acids is 1. The van der Waals surface area contributed by atoms with Crippen LogP contribution >= 0.6 is 11.6 Å². The summed E-state index contributed by atoms with van der Waals surface area (Å²) in [6.07, 6.45) is 1.79. The van der Waals surface area contributed by atoms with Crippen LogP contribution in [0.25, 0.3) is 6.08 Å². The number of benzene rings is 2. The van der Waals surface area contributed by atoms with Crippen molar-refractivity contribution >= 4 is 29.3 Å². The Hall–Kier alpha value is -2.66. The van der Waals surface area contributed by atoms with Crippen LogP contribution in [0, 0.1) is 6.92 Å². The minimum absolute atomic E-state index is 0.201. The van der Waals surface area contributed by atoms with Crippen LogP contribution in [0.4, 0.5) is 5.69 Å². The summed E-state index contributed by atoms with van der Waals surface area (Å²) in [6, 6.07) is 8.87. The monoisotopic (exact) mass is 359 g/mol. The molecule has 6 heteroatoms. The molecule has 0 spiro atoms. The number of hydrogen-bond donors (Lipinski definition) is 1. The van der Waals surface area contributed by atoms with Gasteiger partial charge in [0.05, 0.1) is 19.8 Å². The topological polar surface area (TPSA) is 56.8 Å². The summed E-state index contributed by atoms with van der Waals surface area (Å²) in [5.41, 5.74) is 2.82. The molecule has 0 aliphatic carbocycles. The predicted molar refractivity (Wildman–Crippen MR) is 97.8 cm³/mol. The van der Waals surface area contributed by atoms with Gasteiger partial charge in [0, 0.05) is 22.3 Å². The SMILES string of the molecule is COc1cc(C)c(NC(=O)C2=Cc3cc(Cl)ccc3OC2)cc1OC. The van der Waals surface area contributed by atoms with Crippen LogP contribution in [0.1, 0.15) is 11.1 Å². The van der Waals surface area contributed by atoms with Gasteiger partial charge in [0.2, 0.25) is 0 Å². The van der Waals surface area contributed by atoms with Crippen LogP contribution in [0.5, 0.6) is 17.2 Å². The summed E-state index contributed by atoms with van der Waals surface area (Å²) in [6.45, 7) is 2.09. The summed E-state index contributed by atoms with van der Waals surface area (Å²) < 4.78 is 16.2. The normalized spacial score (nSPS) is 12.6. The molecule has 1 aliphatic rings. The number of hydrogen-bond acceptors (Lipinski definition) is 4. The molecule has 1 N–H and O–H groups in total. The van der Waals surface area contributed by atoms with Gasteiger partial charge >= 0.3 is 0 Å². The minimum Gasteiger partial charge on any atom is -0.493 e. The van der Waals surface area contributed by atoms with Crippen molar-refractivity contribution in [3.63, 3.8) is 0 Å². The maximum absolute atomic E-state index is 12.6. The van der Waals surface area contributed by atoms with Gasteiger partial charge in [0.15, 0.2) is 11.5 Å². The molecular formula is C19H18ClNO4. The molecule has 1 heterocycles. The number of aryl methyl sites for hydroxylation is 1. The zero-order valence-corrected chi connectivity index (χ0v) is 14.9. The second-order valence-electron chi connectivity index (χ2n) is 5.62. The third-order valence-corrected chi connectivity index (χ3v) is 4.19. The van der Waals surface area contributed by atoms with Crippen molar-refractivity contribution in [2.75, 3.05) is 26.1 Å². The molecule has 5 nitrogen and oxygen atoms in total. The number of halogens is 1. The van der Waals surface area contributed by atoms with E-state index in [9.17, 15) is 4.79 Å². The summed E-state index contributed by atoms with van der Waals surface area (Å²) in [5, 5.41) is 3.49. The average molecular weight is 360 g/mol. The molecule has 0 unspecified atom stereocenters. The maximum atomic E-state index is 12.6. The van der Waals surface area contributed by atoms with Crippen LogP contribution in [0.2, 0.25) is 5.02 Å². The zero-order valence-electron chi connectivity index (χ0n) is 14.2. The Bertz CT molecular complexity index is 861. The Morgan fingerprint density at radius 3 is 2.60 bits per heavy atom. The van der Waals surface area contributed by atoms with Crippen LogP contribution in [-0.4, -0.2) is 26.7 Å². The van der Waals surface area contributed by atoms with E-state index in [4.69, 9.17) is 25.8 Å². The molecule has 0 saturated heterocycles. The van der Waals surface area contributed by atoms with Crippen LogP contribution in [-0.2, 0) is 4.79 Å². The lowest BCUT2D eigenvalue weighted by Crippen LogP contribution is -2.21. The molecule has 3 rings (SSSR count). The molecule has 0 fully saturated rings. The zero-order chi connectivity index (χ0) is 18.0. The smallest absolute Gasteiger partial charge is 0.255 e. The fraction of sp³-hybridized carbons (Fsp3) is 0.211. The van der Waals surface area contributed by atoms with E-state index < -0.39 is 0 Å². The van der Waals surface area contributed by atoms with Gasteiger partial charge < -0.3 is 19.5 Å². The van der Waals surface area contributed by atoms with Gasteiger partial charge in [-0.1, -0.05) is 11.6 Å². The standard InChI is InChI=1S/C19H18ClNO4/c1-11-6-17(23-2)18(24-3)9-15(11)21-19(22)13-7-12-8-14(20)4-5-16(12)25-10-13/h4-9H,10H2,1-3H3,(H,21,22). The molecule has 130 valence electrons. The molecule has 0 atom stereocenters. The van der Waals surface area contributed by atoms with Crippen molar-refractivity contribution in [1.29, 1.82) is 0 Å². The minimum atomic E-state index is -0.235. The van der Waals surface area contributed by atoms with E-state index >= 15 is 0 Å². The number of rotatable bonds is 4. The van der Waals surface area contributed by atoms with Gasteiger partial charge in [-0.3, -0.25) is 4.79 Å². The molecule has 2 aromatic carbocycles. The summed E-state index contributed by atoms with van der Waals surface area (Å²) >= 11 is 6.01. The van der Waals surface area contributed by atoms with E-state index in [1.54, 1.807) is 44.6 Å². The van der Waals surface area contributed by atoms with Crippen molar-refractivity contribution in [2.45, 2.75) is 6.92 Å². The number of fused-ring (bicyclic) bond motifs is 1. The van der Waals surface area contributed by atoms with Gasteiger partial charge in [-0.25, -0.2) is 0 Å². The molecular weight excluding hydrogens is 342 g/mol. The van der Waals surface area contributed by atoms with Gasteiger partial charge in [-0.2, -0.15) is 0 Å². The quantitative estimate of drug-likeness (QED) is 0.893. The van der Waals surface area contributed by atoms with Crippen LogP contribution in [0.15, 0.2) is 35.9 Å². The number of ether oxygens (including phenoxy) is 3. The first-order chi connectivity index (χ1) is 12.0. The number of methoxy groups -OCH3 is 2. The van der Waals surface area contributed by atoms with Gasteiger partial charge in [0.1, 0.15) is 12.4 Å². The second-order valence-corrected chi connectivity index (χ2v) is 6.05. The summed E-state index contributed by atoms with van der Waals surface area (Å²) in [7, 11) is 3.12. The highest BCUT2D eigenvalue weighted by atomic mass is 35.5. The predicted octanol–water partition coefficient (Wildman–Crippen LogP) is 4.08. The Kier molecular flexibility index (Phi) is 4.86. The number of carbonyl (C=O) groups is 1. The van der Waals surface area contributed by atoms with Crippen molar-refractivity contribution in [1.82, 2.24) is 0 Å². The van der Waals surface area contributed by atoms with Crippen molar-refractivity contribution in [2.24, 2.45) is 0 Å². The van der Waals surface area contributed by atoms with E-state index in [0.717, 1.165) is 11.1 Å². The molecule has 1 amide bonds. The van der Waals surface area contributed by atoms with E-state index in [1.165, 1.54) is 0 Å². The molecule has 0 bridgehead atoms. The largest absolute Gasteiger partial charge is 0.493 e. The maximum Gasteiger partial charge on any atom is 0.255 e. The average Bonchev–Trinajstić information content (AvgIpc) is 2.62. The molecule has 0 saturated carbocycles. The third-order valence-electron chi connectivity index (χ3n) is 3.96. The summed E-state index contributed by atoms with van der Waals surface area (Å²) in [5.74, 6) is 1.64.